The van der Waals surface area contributed by atoms with Gasteiger partial charge in [-0.1, -0.05) is 18.2 Å². The number of hydrogen-bond donors (Lipinski definition) is 1. The van der Waals surface area contributed by atoms with Crippen molar-refractivity contribution < 1.29 is 14.2 Å². The smallest absolute Gasteiger partial charge is 0.137 e. The zero-order valence-electron chi connectivity index (χ0n) is 11.0. The molecule has 21 heavy (non-hydrogen) atoms. The summed E-state index contributed by atoms with van der Waals surface area (Å²) in [6.07, 6.45) is 0. The van der Waals surface area contributed by atoms with Gasteiger partial charge in [0, 0.05) is 0 Å². The van der Waals surface area contributed by atoms with Crippen LogP contribution in [0.3, 0.4) is 0 Å². The second kappa shape index (κ2) is 5.74. The van der Waals surface area contributed by atoms with E-state index in [4.69, 9.17) is 4.74 Å². The van der Waals surface area contributed by atoms with E-state index in [-0.39, 0.29) is 11.6 Å². The van der Waals surface area contributed by atoms with Gasteiger partial charge >= 0.3 is 0 Å². The predicted octanol–water partition coefficient (Wildman–Crippen LogP) is 5.03. The van der Waals surface area contributed by atoms with Crippen LogP contribution in [0.2, 0.25) is 0 Å². The third-order valence-corrected chi connectivity index (χ3v) is 3.79. The van der Waals surface area contributed by atoms with Crippen LogP contribution in [0.5, 0.6) is 11.5 Å². The van der Waals surface area contributed by atoms with Gasteiger partial charge in [-0.05, 0) is 68.7 Å². The molecule has 4 heteroatoms. The molecule has 0 aromatic heterocycles. The molecule has 106 valence electrons. The summed E-state index contributed by atoms with van der Waals surface area (Å²) in [7, 11) is 0. The highest BCUT2D eigenvalue weighted by molar-refractivity contribution is 9.10. The molecule has 3 aromatic rings. The number of ether oxygens (including phenoxy) is 1. The normalized spacial score (nSPS) is 10.8. The molecule has 3 aromatic carbocycles. The van der Waals surface area contributed by atoms with Crippen molar-refractivity contribution in [2.45, 2.75) is 6.61 Å². The number of hydrogen-bond acceptors (Lipinski definition) is 2. The largest absolute Gasteiger partial charge is 0.508 e. The van der Waals surface area contributed by atoms with Gasteiger partial charge in [-0.25, -0.2) is 4.39 Å². The Labute approximate surface area is 129 Å². The Morgan fingerprint density at radius 2 is 1.76 bits per heavy atom. The summed E-state index contributed by atoms with van der Waals surface area (Å²) in [4.78, 5) is 0. The Morgan fingerprint density at radius 1 is 0.952 bits per heavy atom. The van der Waals surface area contributed by atoms with Gasteiger partial charge in [0.15, 0.2) is 0 Å². The lowest BCUT2D eigenvalue weighted by molar-refractivity contribution is 0.306. The van der Waals surface area contributed by atoms with Gasteiger partial charge in [-0.15, -0.1) is 0 Å². The van der Waals surface area contributed by atoms with Crippen molar-refractivity contribution >= 4 is 26.7 Å². The van der Waals surface area contributed by atoms with E-state index < -0.39 is 0 Å². The van der Waals surface area contributed by atoms with Crippen LogP contribution in [-0.2, 0) is 6.61 Å². The van der Waals surface area contributed by atoms with Crippen LogP contribution >= 0.6 is 15.9 Å². The van der Waals surface area contributed by atoms with E-state index in [1.807, 2.05) is 24.3 Å². The molecule has 0 spiro atoms. The van der Waals surface area contributed by atoms with Gasteiger partial charge in [0.05, 0.1) is 4.47 Å². The molecule has 0 aliphatic rings. The van der Waals surface area contributed by atoms with Crippen LogP contribution in [0.1, 0.15) is 5.56 Å². The van der Waals surface area contributed by atoms with Crippen LogP contribution < -0.4 is 4.74 Å². The molecular formula is C17H12BrFO2. The first kappa shape index (κ1) is 13.9. The molecule has 0 fully saturated rings. The van der Waals surface area contributed by atoms with Crippen LogP contribution in [0.4, 0.5) is 4.39 Å². The first-order valence-corrected chi connectivity index (χ1v) is 7.21. The fourth-order valence-corrected chi connectivity index (χ4v) is 2.52. The van der Waals surface area contributed by atoms with Crippen LogP contribution in [0.25, 0.3) is 10.8 Å². The molecule has 0 aliphatic carbocycles. The van der Waals surface area contributed by atoms with E-state index in [0.29, 0.717) is 16.8 Å². The Morgan fingerprint density at radius 3 is 2.57 bits per heavy atom. The Kier molecular flexibility index (Phi) is 3.80. The molecule has 0 atom stereocenters. The number of aromatic hydroxyl groups is 1. The van der Waals surface area contributed by atoms with Gasteiger partial charge < -0.3 is 9.84 Å². The summed E-state index contributed by atoms with van der Waals surface area (Å²) in [6.45, 7) is 0.350. The van der Waals surface area contributed by atoms with Crippen molar-refractivity contribution in [2.24, 2.45) is 0 Å². The van der Waals surface area contributed by atoms with Crippen molar-refractivity contribution in [3.8, 4) is 11.5 Å². The van der Waals surface area contributed by atoms with Crippen molar-refractivity contribution in [3.63, 3.8) is 0 Å². The maximum absolute atomic E-state index is 13.2. The molecule has 0 aliphatic heterocycles. The highest BCUT2D eigenvalue weighted by Gasteiger charge is 2.03. The fraction of sp³-hybridized carbons (Fsp3) is 0.0588. The monoisotopic (exact) mass is 346 g/mol. The summed E-state index contributed by atoms with van der Waals surface area (Å²) < 4.78 is 19.3. The molecule has 0 saturated heterocycles. The Bertz CT molecular complexity index is 802. The quantitative estimate of drug-likeness (QED) is 0.720. The van der Waals surface area contributed by atoms with E-state index in [2.05, 4.69) is 15.9 Å². The number of fused-ring (bicyclic) bond motifs is 1. The lowest BCUT2D eigenvalue weighted by atomic mass is 10.1. The van der Waals surface area contributed by atoms with Crippen molar-refractivity contribution in [3.05, 3.63) is 70.5 Å². The van der Waals surface area contributed by atoms with Crippen LogP contribution in [0.15, 0.2) is 59.1 Å². The van der Waals surface area contributed by atoms with E-state index >= 15 is 0 Å². The van der Waals surface area contributed by atoms with Crippen molar-refractivity contribution in [2.75, 3.05) is 0 Å². The summed E-state index contributed by atoms with van der Waals surface area (Å²) in [5.41, 5.74) is 0.874. The number of benzene rings is 3. The van der Waals surface area contributed by atoms with E-state index in [1.54, 1.807) is 24.3 Å². The van der Waals surface area contributed by atoms with Gasteiger partial charge in [0.25, 0.3) is 0 Å². The lowest BCUT2D eigenvalue weighted by Gasteiger charge is -2.08. The summed E-state index contributed by atoms with van der Waals surface area (Å²) >= 11 is 3.15. The maximum Gasteiger partial charge on any atom is 0.137 e. The third-order valence-electron chi connectivity index (χ3n) is 3.18. The molecule has 0 saturated carbocycles. The third kappa shape index (κ3) is 3.16. The molecule has 0 unspecified atom stereocenters. The molecule has 0 amide bonds. The topological polar surface area (TPSA) is 29.5 Å². The minimum Gasteiger partial charge on any atom is -0.508 e. The average molecular weight is 347 g/mol. The second-order valence-corrected chi connectivity index (χ2v) is 5.58. The molecule has 1 N–H and O–H groups in total. The van der Waals surface area contributed by atoms with Crippen LogP contribution in [-0.4, -0.2) is 5.11 Å². The van der Waals surface area contributed by atoms with E-state index in [1.165, 1.54) is 6.07 Å². The molecule has 2 nitrogen and oxygen atoms in total. The Hall–Kier alpha value is -2.07. The zero-order chi connectivity index (χ0) is 14.8. The standard InChI is InChI=1S/C17H12BrFO2/c18-16-7-11(1-6-17(16)19)10-21-15-5-3-12-2-4-14(20)8-13(12)9-15/h1-9,20H,10H2. The summed E-state index contributed by atoms with van der Waals surface area (Å²) in [5, 5.41) is 11.4. The summed E-state index contributed by atoms with van der Waals surface area (Å²) in [6, 6.07) is 15.7. The number of halogens is 2. The second-order valence-electron chi connectivity index (χ2n) is 4.73. The maximum atomic E-state index is 13.2. The molecule has 0 bridgehead atoms. The number of phenolic OH excluding ortho intramolecular Hbond substituents is 1. The highest BCUT2D eigenvalue weighted by Crippen LogP contribution is 2.25. The van der Waals surface area contributed by atoms with E-state index in [9.17, 15) is 9.50 Å². The minimum atomic E-state index is -0.292. The molecule has 3 rings (SSSR count). The molecule has 0 heterocycles. The number of rotatable bonds is 3. The minimum absolute atomic E-state index is 0.224. The van der Waals surface area contributed by atoms with Crippen LogP contribution in [0, 0.1) is 5.82 Å². The fourth-order valence-electron chi connectivity index (χ4n) is 2.10. The average Bonchev–Trinajstić information content (AvgIpc) is 2.48. The molecule has 0 radical (unpaired) electrons. The van der Waals surface area contributed by atoms with Crippen molar-refractivity contribution in [1.29, 1.82) is 0 Å². The SMILES string of the molecule is Oc1ccc2ccc(OCc3ccc(F)c(Br)c3)cc2c1. The molecular weight excluding hydrogens is 335 g/mol. The first-order chi connectivity index (χ1) is 10.1. The van der Waals surface area contributed by atoms with E-state index in [0.717, 1.165) is 16.3 Å². The predicted molar refractivity (Wildman–Crippen MR) is 84.0 cm³/mol. The van der Waals surface area contributed by atoms with Gasteiger partial charge in [-0.2, -0.15) is 0 Å². The lowest BCUT2D eigenvalue weighted by Crippen LogP contribution is -1.96. The van der Waals surface area contributed by atoms with Crippen molar-refractivity contribution in [1.82, 2.24) is 0 Å². The number of phenols is 1. The summed E-state index contributed by atoms with van der Waals surface area (Å²) in [5.74, 6) is 0.635. The van der Waals surface area contributed by atoms with Gasteiger partial charge in [-0.3, -0.25) is 0 Å². The van der Waals surface area contributed by atoms with Gasteiger partial charge in [0.2, 0.25) is 0 Å². The highest BCUT2D eigenvalue weighted by atomic mass is 79.9. The zero-order valence-corrected chi connectivity index (χ0v) is 12.6. The first-order valence-electron chi connectivity index (χ1n) is 6.41. The van der Waals surface area contributed by atoms with Gasteiger partial charge in [0.1, 0.15) is 23.9 Å². The Balaban J connectivity index is 1.79.